The van der Waals surface area contributed by atoms with Crippen molar-refractivity contribution in [1.82, 2.24) is 14.8 Å². The summed E-state index contributed by atoms with van der Waals surface area (Å²) < 4.78 is 6.81. The summed E-state index contributed by atoms with van der Waals surface area (Å²) in [6.07, 6.45) is 0.652. The molecule has 0 spiro atoms. The second kappa shape index (κ2) is 4.84. The molecule has 92 valence electrons. The first-order valence-electron chi connectivity index (χ1n) is 5.57. The van der Waals surface area contributed by atoms with E-state index < -0.39 is 0 Å². The van der Waals surface area contributed by atoms with Crippen LogP contribution < -0.4 is 5.56 Å². The summed E-state index contributed by atoms with van der Waals surface area (Å²) in [7, 11) is 0. The zero-order valence-corrected chi connectivity index (χ0v) is 10.2. The van der Waals surface area contributed by atoms with Gasteiger partial charge in [0.05, 0.1) is 0 Å². The highest BCUT2D eigenvalue weighted by Gasteiger charge is 2.10. The first-order chi connectivity index (χ1) is 8.65. The van der Waals surface area contributed by atoms with Gasteiger partial charge in [-0.05, 0) is 19.1 Å². The monoisotopic (exact) mass is 244 g/mol. The predicted molar refractivity (Wildman–Crippen MR) is 62.9 cm³/mol. The molecular weight excluding hydrogens is 232 g/mol. The summed E-state index contributed by atoms with van der Waals surface area (Å²) in [4.78, 5) is 12.0. The van der Waals surface area contributed by atoms with Crippen molar-refractivity contribution < 1.29 is 4.42 Å². The van der Waals surface area contributed by atoms with E-state index in [4.69, 9.17) is 9.68 Å². The van der Waals surface area contributed by atoms with Crippen molar-refractivity contribution >= 4 is 0 Å². The van der Waals surface area contributed by atoms with Crippen LogP contribution in [0.5, 0.6) is 0 Å². The number of aryl methyl sites for hydroxylation is 2. The summed E-state index contributed by atoms with van der Waals surface area (Å²) in [5.41, 5.74) is 0.514. The van der Waals surface area contributed by atoms with Gasteiger partial charge in [0.15, 0.2) is 0 Å². The van der Waals surface area contributed by atoms with Gasteiger partial charge in [0.1, 0.15) is 18.2 Å². The van der Waals surface area contributed by atoms with Gasteiger partial charge in [0.2, 0.25) is 11.8 Å². The van der Waals surface area contributed by atoms with E-state index in [9.17, 15) is 4.79 Å². The molecule has 2 aromatic heterocycles. The van der Waals surface area contributed by atoms with Crippen LogP contribution in [0.1, 0.15) is 30.0 Å². The molecule has 0 aliphatic rings. The number of aromatic nitrogens is 3. The van der Waals surface area contributed by atoms with E-state index in [2.05, 4.69) is 10.2 Å². The van der Waals surface area contributed by atoms with Crippen LogP contribution in [-0.4, -0.2) is 14.8 Å². The Hall–Kier alpha value is -2.42. The predicted octanol–water partition coefficient (Wildman–Crippen LogP) is 1.02. The normalized spacial score (nSPS) is 10.3. The Morgan fingerprint density at radius 3 is 2.72 bits per heavy atom. The van der Waals surface area contributed by atoms with E-state index in [0.29, 0.717) is 18.2 Å². The maximum Gasteiger partial charge on any atom is 0.269 e. The Balaban J connectivity index is 2.40. The smallest absolute Gasteiger partial charge is 0.269 e. The first kappa shape index (κ1) is 12.0. The van der Waals surface area contributed by atoms with Gasteiger partial charge < -0.3 is 8.98 Å². The third kappa shape index (κ3) is 2.15. The number of pyridine rings is 1. The second-order valence-electron chi connectivity index (χ2n) is 3.83. The molecule has 0 fully saturated rings. The van der Waals surface area contributed by atoms with Crippen molar-refractivity contribution in [2.24, 2.45) is 0 Å². The summed E-state index contributed by atoms with van der Waals surface area (Å²) in [6, 6.07) is 5.10. The molecule has 0 saturated carbocycles. The van der Waals surface area contributed by atoms with Gasteiger partial charge in [-0.2, -0.15) is 5.26 Å². The minimum absolute atomic E-state index is 0.107. The van der Waals surface area contributed by atoms with Crippen LogP contribution >= 0.6 is 0 Å². The molecule has 18 heavy (non-hydrogen) atoms. The number of hydrogen-bond donors (Lipinski definition) is 0. The maximum absolute atomic E-state index is 12.0. The Labute approximate surface area is 103 Å². The third-order valence-corrected chi connectivity index (χ3v) is 2.62. The Morgan fingerprint density at radius 1 is 1.39 bits per heavy atom. The van der Waals surface area contributed by atoms with Crippen LogP contribution in [0.3, 0.4) is 0 Å². The van der Waals surface area contributed by atoms with Crippen molar-refractivity contribution in [2.75, 3.05) is 0 Å². The van der Waals surface area contributed by atoms with Crippen LogP contribution in [0.2, 0.25) is 0 Å². The minimum Gasteiger partial charge on any atom is -0.423 e. The lowest BCUT2D eigenvalue weighted by atomic mass is 10.2. The van der Waals surface area contributed by atoms with E-state index in [1.54, 1.807) is 13.0 Å². The second-order valence-corrected chi connectivity index (χ2v) is 3.83. The maximum atomic E-state index is 12.0. The van der Waals surface area contributed by atoms with Gasteiger partial charge in [-0.15, -0.1) is 10.2 Å². The van der Waals surface area contributed by atoms with Gasteiger partial charge in [0, 0.05) is 12.1 Å². The number of rotatable bonds is 3. The highest BCUT2D eigenvalue weighted by molar-refractivity contribution is 5.27. The highest BCUT2D eigenvalue weighted by Crippen LogP contribution is 2.04. The fourth-order valence-corrected chi connectivity index (χ4v) is 1.58. The van der Waals surface area contributed by atoms with Crippen LogP contribution in [-0.2, 0) is 13.0 Å². The van der Waals surface area contributed by atoms with E-state index in [1.807, 2.05) is 13.0 Å². The average Bonchev–Trinajstić information content (AvgIpc) is 2.82. The fourth-order valence-electron chi connectivity index (χ4n) is 1.58. The lowest BCUT2D eigenvalue weighted by Crippen LogP contribution is -2.25. The number of nitrogens with zero attached hydrogens (tertiary/aromatic N) is 4. The van der Waals surface area contributed by atoms with Crippen LogP contribution in [0.25, 0.3) is 0 Å². The lowest BCUT2D eigenvalue weighted by molar-refractivity contribution is 0.438. The summed E-state index contributed by atoms with van der Waals surface area (Å²) in [6.45, 7) is 3.89. The van der Waals surface area contributed by atoms with Crippen molar-refractivity contribution in [3.05, 3.63) is 45.5 Å². The fraction of sp³-hybridized carbons (Fsp3) is 0.333. The standard InChI is InChI=1S/C12H12N4O2/c1-3-10-14-15-11(18-10)7-16-8(2)4-5-9(6-13)12(16)17/h4-5H,3,7H2,1-2H3. The molecule has 0 radical (unpaired) electrons. The van der Waals surface area contributed by atoms with E-state index in [1.165, 1.54) is 10.6 Å². The van der Waals surface area contributed by atoms with Crippen molar-refractivity contribution in [3.8, 4) is 6.07 Å². The Morgan fingerprint density at radius 2 is 2.11 bits per heavy atom. The summed E-state index contributed by atoms with van der Waals surface area (Å²) in [5, 5.41) is 16.5. The van der Waals surface area contributed by atoms with E-state index >= 15 is 0 Å². The molecule has 2 rings (SSSR count). The largest absolute Gasteiger partial charge is 0.423 e. The van der Waals surface area contributed by atoms with Crippen LogP contribution in [0.4, 0.5) is 0 Å². The van der Waals surface area contributed by atoms with Gasteiger partial charge in [-0.25, -0.2) is 0 Å². The Bertz CT molecular complexity index is 663. The molecule has 2 aromatic rings. The topological polar surface area (TPSA) is 84.7 Å². The molecule has 0 N–H and O–H groups in total. The van der Waals surface area contributed by atoms with E-state index in [0.717, 1.165) is 5.69 Å². The third-order valence-electron chi connectivity index (χ3n) is 2.62. The average molecular weight is 244 g/mol. The molecule has 0 atom stereocenters. The molecule has 2 heterocycles. The SMILES string of the molecule is CCc1nnc(Cn2c(C)ccc(C#N)c2=O)o1. The van der Waals surface area contributed by atoms with Crippen molar-refractivity contribution in [3.63, 3.8) is 0 Å². The molecule has 0 saturated heterocycles. The first-order valence-corrected chi connectivity index (χ1v) is 5.57. The molecule has 6 nitrogen and oxygen atoms in total. The van der Waals surface area contributed by atoms with E-state index in [-0.39, 0.29) is 17.7 Å². The number of hydrogen-bond acceptors (Lipinski definition) is 5. The van der Waals surface area contributed by atoms with Gasteiger partial charge in [-0.3, -0.25) is 4.79 Å². The molecular formula is C12H12N4O2. The molecule has 6 heteroatoms. The van der Waals surface area contributed by atoms with Crippen molar-refractivity contribution in [2.45, 2.75) is 26.8 Å². The zero-order valence-electron chi connectivity index (χ0n) is 10.2. The van der Waals surface area contributed by atoms with Crippen LogP contribution in [0, 0.1) is 18.3 Å². The molecule has 0 unspecified atom stereocenters. The quantitative estimate of drug-likeness (QED) is 0.804. The van der Waals surface area contributed by atoms with Crippen LogP contribution in [0.15, 0.2) is 21.3 Å². The lowest BCUT2D eigenvalue weighted by Gasteiger charge is -2.06. The zero-order chi connectivity index (χ0) is 13.1. The van der Waals surface area contributed by atoms with Gasteiger partial charge in [0.25, 0.3) is 5.56 Å². The van der Waals surface area contributed by atoms with Crippen molar-refractivity contribution in [1.29, 1.82) is 5.26 Å². The van der Waals surface area contributed by atoms with Gasteiger partial charge in [-0.1, -0.05) is 6.92 Å². The molecule has 0 bridgehead atoms. The summed E-state index contributed by atoms with van der Waals surface area (Å²) in [5.74, 6) is 0.902. The Kier molecular flexibility index (Phi) is 3.24. The minimum atomic E-state index is -0.339. The molecule has 0 aliphatic carbocycles. The van der Waals surface area contributed by atoms with Gasteiger partial charge >= 0.3 is 0 Å². The molecule has 0 aliphatic heterocycles. The number of nitriles is 1. The molecule has 0 amide bonds. The highest BCUT2D eigenvalue weighted by atomic mass is 16.4. The summed E-state index contributed by atoms with van der Waals surface area (Å²) >= 11 is 0. The molecule has 0 aromatic carbocycles.